The zero-order valence-corrected chi connectivity index (χ0v) is 30.0. The van der Waals surface area contributed by atoms with E-state index in [2.05, 4.69) is 167 Å². The second-order valence-corrected chi connectivity index (χ2v) is 14.2. The maximum absolute atomic E-state index is 6.64. The van der Waals surface area contributed by atoms with Crippen molar-refractivity contribution in [2.24, 2.45) is 0 Å². The van der Waals surface area contributed by atoms with E-state index in [0.717, 1.165) is 105 Å². The smallest absolute Gasteiger partial charge is 0.145 e. The molecule has 0 saturated heterocycles. The quantitative estimate of drug-likeness (QED) is 0.178. The van der Waals surface area contributed by atoms with Crippen LogP contribution in [0.25, 0.3) is 105 Å². The highest BCUT2D eigenvalue weighted by Crippen LogP contribution is 2.45. The molecule has 0 aliphatic carbocycles. The molecule has 4 aromatic heterocycles. The normalized spacial score (nSPS) is 11.9. The largest absolute Gasteiger partial charge is 0.455 e. The minimum atomic E-state index is 0.835. The Kier molecular flexibility index (Phi) is 6.53. The van der Waals surface area contributed by atoms with Gasteiger partial charge < -0.3 is 13.6 Å². The molecule has 12 rings (SSSR count). The molecule has 0 bridgehead atoms. The maximum atomic E-state index is 6.64. The summed E-state index contributed by atoms with van der Waals surface area (Å²) in [6.07, 6.45) is 0. The number of nitrogens with zero attached hydrogens (tertiary/aromatic N) is 5. The van der Waals surface area contributed by atoms with Crippen molar-refractivity contribution in [1.29, 1.82) is 0 Å². The van der Waals surface area contributed by atoms with Gasteiger partial charge in [-0.05, 0) is 60.7 Å². The van der Waals surface area contributed by atoms with Crippen LogP contribution in [0.5, 0.6) is 0 Å². The van der Waals surface area contributed by atoms with Gasteiger partial charge in [0, 0.05) is 38.1 Å². The van der Waals surface area contributed by atoms with Crippen LogP contribution in [-0.2, 0) is 0 Å². The summed E-state index contributed by atoms with van der Waals surface area (Å²) >= 11 is 0. The number of hydrogen-bond donors (Lipinski definition) is 0. The molecule has 262 valence electrons. The molecule has 0 saturated carbocycles. The van der Waals surface area contributed by atoms with Crippen molar-refractivity contribution < 1.29 is 4.42 Å². The van der Waals surface area contributed by atoms with Gasteiger partial charge in [0.05, 0.1) is 44.5 Å². The Morgan fingerprint density at radius 3 is 1.71 bits per heavy atom. The molecule has 0 unspecified atom stereocenters. The van der Waals surface area contributed by atoms with E-state index in [9.17, 15) is 0 Å². The molecule has 0 radical (unpaired) electrons. The van der Waals surface area contributed by atoms with Crippen LogP contribution in [0.15, 0.2) is 192 Å². The van der Waals surface area contributed by atoms with Gasteiger partial charge in [0.1, 0.15) is 22.6 Å². The number of aromatic nitrogens is 5. The summed E-state index contributed by atoms with van der Waals surface area (Å²) in [7, 11) is 0. The predicted octanol–water partition coefficient (Wildman–Crippen LogP) is 12.7. The molecule has 0 fully saturated rings. The lowest BCUT2D eigenvalue weighted by Gasteiger charge is -2.17. The fourth-order valence-electron chi connectivity index (χ4n) is 8.88. The van der Waals surface area contributed by atoms with E-state index < -0.39 is 0 Å². The van der Waals surface area contributed by atoms with Crippen LogP contribution in [0.1, 0.15) is 0 Å². The first-order chi connectivity index (χ1) is 27.8. The molecule has 0 spiro atoms. The summed E-state index contributed by atoms with van der Waals surface area (Å²) in [5, 5.41) is 16.4. The third-order valence-electron chi connectivity index (χ3n) is 11.2. The third kappa shape index (κ3) is 4.32. The SMILES string of the molecule is c1ccc(-c2nnn(-c3ccccc3)c2-c2cccc3c2c2ccccc2n3-c2ccccc2-n2c3ccccc3c3c4oc5ccccc5c4ccc32)cc1. The Balaban J connectivity index is 1.17. The molecule has 4 heterocycles. The van der Waals surface area contributed by atoms with Crippen molar-refractivity contribution in [1.82, 2.24) is 24.1 Å². The zero-order chi connectivity index (χ0) is 36.7. The van der Waals surface area contributed by atoms with E-state index in [1.807, 2.05) is 35.0 Å². The highest BCUT2D eigenvalue weighted by Gasteiger charge is 2.25. The average molecular weight is 718 g/mol. The Morgan fingerprint density at radius 1 is 0.411 bits per heavy atom. The van der Waals surface area contributed by atoms with Crippen LogP contribution in [0.2, 0.25) is 0 Å². The summed E-state index contributed by atoms with van der Waals surface area (Å²) < 4.78 is 13.4. The fraction of sp³-hybridized carbons (Fsp3) is 0. The second kappa shape index (κ2) is 11.9. The second-order valence-electron chi connectivity index (χ2n) is 14.2. The first kappa shape index (κ1) is 30.7. The van der Waals surface area contributed by atoms with E-state index in [1.165, 1.54) is 0 Å². The topological polar surface area (TPSA) is 53.7 Å². The van der Waals surface area contributed by atoms with Crippen molar-refractivity contribution in [3.8, 4) is 39.6 Å². The Hall–Kier alpha value is -7.70. The van der Waals surface area contributed by atoms with Gasteiger partial charge in [-0.3, -0.25) is 0 Å². The number of benzene rings is 8. The van der Waals surface area contributed by atoms with Crippen LogP contribution < -0.4 is 0 Å². The van der Waals surface area contributed by atoms with E-state index in [0.29, 0.717) is 0 Å². The monoisotopic (exact) mass is 717 g/mol. The molecule has 0 amide bonds. The molecular weight excluding hydrogens is 687 g/mol. The van der Waals surface area contributed by atoms with Gasteiger partial charge in [0.25, 0.3) is 0 Å². The average Bonchev–Trinajstić information content (AvgIpc) is 4.04. The van der Waals surface area contributed by atoms with Crippen molar-refractivity contribution in [3.05, 3.63) is 188 Å². The molecule has 6 heteroatoms. The lowest BCUT2D eigenvalue weighted by molar-refractivity contribution is 0.673. The molecule has 0 N–H and O–H groups in total. The lowest BCUT2D eigenvalue weighted by Crippen LogP contribution is -2.03. The summed E-state index contributed by atoms with van der Waals surface area (Å²) in [4.78, 5) is 0. The molecule has 56 heavy (non-hydrogen) atoms. The Bertz CT molecular complexity index is 3420. The van der Waals surface area contributed by atoms with Gasteiger partial charge in [-0.1, -0.05) is 133 Å². The number of furan rings is 1. The van der Waals surface area contributed by atoms with E-state index in [-0.39, 0.29) is 0 Å². The zero-order valence-electron chi connectivity index (χ0n) is 30.0. The highest BCUT2D eigenvalue weighted by atomic mass is 16.3. The Labute approximate surface area is 320 Å². The number of rotatable bonds is 5. The van der Waals surface area contributed by atoms with Crippen molar-refractivity contribution in [2.45, 2.75) is 0 Å². The van der Waals surface area contributed by atoms with Gasteiger partial charge in [-0.25, -0.2) is 4.68 Å². The molecule has 8 aromatic carbocycles. The molecule has 0 aliphatic heterocycles. The number of fused-ring (bicyclic) bond motifs is 10. The molecular formula is C50H31N5O. The van der Waals surface area contributed by atoms with Crippen LogP contribution in [0.3, 0.4) is 0 Å². The molecule has 12 aromatic rings. The van der Waals surface area contributed by atoms with Crippen molar-refractivity contribution in [3.63, 3.8) is 0 Å². The maximum Gasteiger partial charge on any atom is 0.145 e. The van der Waals surface area contributed by atoms with E-state index in [1.54, 1.807) is 0 Å². The van der Waals surface area contributed by atoms with Gasteiger partial charge >= 0.3 is 0 Å². The molecule has 0 aliphatic rings. The van der Waals surface area contributed by atoms with Crippen molar-refractivity contribution >= 4 is 65.6 Å². The molecule has 0 atom stereocenters. The third-order valence-corrected chi connectivity index (χ3v) is 11.2. The fourth-order valence-corrected chi connectivity index (χ4v) is 8.88. The van der Waals surface area contributed by atoms with Gasteiger partial charge in [-0.2, -0.15) is 0 Å². The summed E-state index contributed by atoms with van der Waals surface area (Å²) in [6.45, 7) is 0. The van der Waals surface area contributed by atoms with Crippen molar-refractivity contribution in [2.75, 3.05) is 0 Å². The standard InChI is InChI=1S/C50H31N5O/c1-3-16-32(17-4-1)48-49(55(52-51-48)33-18-5-2-6-19-33)38-23-15-28-43-46(38)36-21-7-10-24-39(36)53(43)41-26-12-13-27-42(41)54-40-25-11-8-22-37(40)47-44(54)31-30-35-34-20-9-14-29-45(34)56-50(35)47/h1-31H. The number of hydrogen-bond acceptors (Lipinski definition) is 3. The summed E-state index contributed by atoms with van der Waals surface area (Å²) in [5.74, 6) is 0. The van der Waals surface area contributed by atoms with E-state index >= 15 is 0 Å². The van der Waals surface area contributed by atoms with Crippen LogP contribution >= 0.6 is 0 Å². The lowest BCUT2D eigenvalue weighted by atomic mass is 9.99. The summed E-state index contributed by atoms with van der Waals surface area (Å²) in [6, 6.07) is 66.1. The van der Waals surface area contributed by atoms with E-state index in [4.69, 9.17) is 14.7 Å². The van der Waals surface area contributed by atoms with Crippen LogP contribution in [0.4, 0.5) is 0 Å². The highest BCUT2D eigenvalue weighted by molar-refractivity contribution is 6.24. The molecule has 6 nitrogen and oxygen atoms in total. The first-order valence-electron chi connectivity index (χ1n) is 18.9. The van der Waals surface area contributed by atoms with Crippen LogP contribution in [0, 0.1) is 0 Å². The minimum absolute atomic E-state index is 0.835. The minimum Gasteiger partial charge on any atom is -0.455 e. The van der Waals surface area contributed by atoms with Gasteiger partial charge in [0.2, 0.25) is 0 Å². The van der Waals surface area contributed by atoms with Gasteiger partial charge in [-0.15, -0.1) is 5.10 Å². The Morgan fingerprint density at radius 2 is 0.982 bits per heavy atom. The predicted molar refractivity (Wildman–Crippen MR) is 228 cm³/mol. The first-order valence-corrected chi connectivity index (χ1v) is 18.9. The number of para-hydroxylation sites is 6. The summed E-state index contributed by atoms with van der Waals surface area (Å²) in [5.41, 5.74) is 13.2. The van der Waals surface area contributed by atoms with Crippen LogP contribution in [-0.4, -0.2) is 24.1 Å². The van der Waals surface area contributed by atoms with Gasteiger partial charge in [0.15, 0.2) is 0 Å².